The number of carbonyl (C=O) groups excluding carboxylic acids is 4. The number of benzene rings is 2. The van der Waals surface area contributed by atoms with Gasteiger partial charge in [0.25, 0.3) is 0 Å². The highest BCUT2D eigenvalue weighted by Crippen LogP contribution is 2.37. The van der Waals surface area contributed by atoms with Crippen molar-refractivity contribution in [2.75, 3.05) is 26.3 Å². The second-order valence-corrected chi connectivity index (χ2v) is 9.35. The van der Waals surface area contributed by atoms with E-state index in [4.69, 9.17) is 23.7 Å². The fourth-order valence-corrected chi connectivity index (χ4v) is 4.49. The molecule has 2 fully saturated rings. The lowest BCUT2D eigenvalue weighted by atomic mass is 10.2. The minimum atomic E-state index is -0.682. The van der Waals surface area contributed by atoms with Crippen LogP contribution in [-0.2, 0) is 46.5 Å². The van der Waals surface area contributed by atoms with Crippen molar-refractivity contribution in [1.29, 1.82) is 0 Å². The van der Waals surface area contributed by atoms with E-state index in [0.717, 1.165) is 11.1 Å². The molecule has 41 heavy (non-hydrogen) atoms. The van der Waals surface area contributed by atoms with E-state index in [1.165, 1.54) is 9.80 Å². The number of carbonyl (C=O) groups is 4. The molecule has 2 unspecified atom stereocenters. The Morgan fingerprint density at radius 2 is 1.29 bits per heavy atom. The van der Waals surface area contributed by atoms with E-state index in [0.29, 0.717) is 13.1 Å². The summed E-state index contributed by atoms with van der Waals surface area (Å²) in [5.74, 6) is -0.864. The van der Waals surface area contributed by atoms with Gasteiger partial charge >= 0.3 is 24.1 Å². The van der Waals surface area contributed by atoms with Crippen LogP contribution in [0.25, 0.3) is 0 Å². The summed E-state index contributed by atoms with van der Waals surface area (Å²) in [5.41, 5.74) is 1.81. The summed E-state index contributed by atoms with van der Waals surface area (Å²) in [4.78, 5) is 50.5. The number of hydrogen-bond acceptors (Lipinski definition) is 9. The molecule has 2 aromatic rings. The van der Waals surface area contributed by atoms with Gasteiger partial charge in [-0.05, 0) is 25.0 Å². The van der Waals surface area contributed by atoms with Gasteiger partial charge in [-0.3, -0.25) is 9.80 Å². The quantitative estimate of drug-likeness (QED) is 0.204. The number of likely N-dealkylation sites (tertiary alicyclic amines) is 1. The van der Waals surface area contributed by atoms with Crippen molar-refractivity contribution in [3.8, 4) is 0 Å². The molecule has 0 aromatic heterocycles. The number of amides is 2. The molecule has 11 nitrogen and oxygen atoms in total. The van der Waals surface area contributed by atoms with Crippen molar-refractivity contribution in [3.05, 3.63) is 83.9 Å². The van der Waals surface area contributed by atoms with E-state index in [2.05, 4.69) is 0 Å². The van der Waals surface area contributed by atoms with E-state index in [1.807, 2.05) is 60.7 Å². The SMILES string of the molecule is CCOC(=O)[C@@H]1C2OC2CN1C(=O)OCc1ccccc1.CCOC(=O)[C@@H]1C=CCN1C(=O)OCc1ccccc1. The molecule has 0 radical (unpaired) electrons. The van der Waals surface area contributed by atoms with Crippen molar-refractivity contribution in [1.82, 2.24) is 9.80 Å². The average molecular weight is 567 g/mol. The Bertz CT molecular complexity index is 1220. The van der Waals surface area contributed by atoms with Crippen LogP contribution in [0.15, 0.2) is 72.8 Å². The summed E-state index contributed by atoms with van der Waals surface area (Å²) in [6.45, 7) is 5.13. The van der Waals surface area contributed by atoms with E-state index in [-0.39, 0.29) is 38.6 Å². The van der Waals surface area contributed by atoms with Gasteiger partial charge in [-0.2, -0.15) is 0 Å². The van der Waals surface area contributed by atoms with Gasteiger partial charge in [0.05, 0.1) is 19.8 Å². The van der Waals surface area contributed by atoms with E-state index >= 15 is 0 Å². The summed E-state index contributed by atoms with van der Waals surface area (Å²) >= 11 is 0. The van der Waals surface area contributed by atoms with Gasteiger partial charge in [0.1, 0.15) is 25.4 Å². The van der Waals surface area contributed by atoms with Gasteiger partial charge in [0.2, 0.25) is 0 Å². The van der Waals surface area contributed by atoms with E-state index in [1.54, 1.807) is 26.0 Å². The molecule has 0 saturated carbocycles. The molecule has 218 valence electrons. The molecule has 0 aliphatic carbocycles. The van der Waals surface area contributed by atoms with Crippen LogP contribution in [0, 0.1) is 0 Å². The number of rotatable bonds is 8. The summed E-state index contributed by atoms with van der Waals surface area (Å²) in [5, 5.41) is 0. The van der Waals surface area contributed by atoms with E-state index < -0.39 is 36.2 Å². The molecule has 5 rings (SSSR count). The number of fused-ring (bicyclic) bond motifs is 1. The molecule has 11 heteroatoms. The predicted octanol–water partition coefficient (Wildman–Crippen LogP) is 3.46. The molecule has 3 aliphatic heterocycles. The maximum absolute atomic E-state index is 12.1. The Kier molecular flexibility index (Phi) is 10.3. The van der Waals surface area contributed by atoms with Crippen LogP contribution in [0.1, 0.15) is 25.0 Å². The lowest BCUT2D eigenvalue weighted by molar-refractivity contribution is -0.149. The lowest BCUT2D eigenvalue weighted by Gasteiger charge is -2.24. The third-order valence-electron chi connectivity index (χ3n) is 6.54. The molecule has 0 spiro atoms. The number of hydrogen-bond donors (Lipinski definition) is 0. The Hall–Kier alpha value is -4.38. The Morgan fingerprint density at radius 3 is 1.85 bits per heavy atom. The van der Waals surface area contributed by atoms with Gasteiger partial charge < -0.3 is 23.7 Å². The Balaban J connectivity index is 0.000000189. The van der Waals surface area contributed by atoms with Crippen LogP contribution in [0.3, 0.4) is 0 Å². The average Bonchev–Trinajstić information content (AvgIpc) is 3.39. The van der Waals surface area contributed by atoms with Gasteiger partial charge in [-0.15, -0.1) is 0 Å². The monoisotopic (exact) mass is 566 g/mol. The number of epoxide rings is 1. The maximum Gasteiger partial charge on any atom is 0.411 e. The van der Waals surface area contributed by atoms with Crippen LogP contribution in [0.5, 0.6) is 0 Å². The lowest BCUT2D eigenvalue weighted by Crippen LogP contribution is -2.45. The Morgan fingerprint density at radius 1 is 0.756 bits per heavy atom. The highest BCUT2D eigenvalue weighted by Gasteiger charge is 2.60. The highest BCUT2D eigenvalue weighted by molar-refractivity contribution is 5.85. The number of morpholine rings is 1. The van der Waals surface area contributed by atoms with Crippen molar-refractivity contribution >= 4 is 24.1 Å². The molecule has 4 atom stereocenters. The standard InChI is InChI=1S/C15H17NO5.C15H17NO4/c1-2-19-14(17)12-13-11(21-13)8-16(12)15(18)20-9-10-6-4-3-5-7-10;1-2-19-14(17)13-9-6-10-16(13)15(18)20-11-12-7-4-3-5-8-12/h3-7,11-13H,2,8-9H2,1H3;3-9,13H,2,10-11H2,1H3/t11?,12-,13?;13-/m00/s1. The molecular weight excluding hydrogens is 532 g/mol. The second kappa shape index (κ2) is 14.3. The molecule has 2 amide bonds. The first kappa shape index (κ1) is 29.6. The number of esters is 2. The number of ether oxygens (including phenoxy) is 5. The molecule has 0 N–H and O–H groups in total. The van der Waals surface area contributed by atoms with Gasteiger partial charge in [-0.1, -0.05) is 72.8 Å². The number of nitrogens with zero attached hydrogens (tertiary/aromatic N) is 2. The van der Waals surface area contributed by atoms with Crippen molar-refractivity contribution < 1.29 is 42.9 Å². The zero-order valence-electron chi connectivity index (χ0n) is 23.0. The van der Waals surface area contributed by atoms with Crippen LogP contribution in [0.4, 0.5) is 9.59 Å². The molecule has 2 aromatic carbocycles. The third-order valence-corrected chi connectivity index (χ3v) is 6.54. The van der Waals surface area contributed by atoms with Crippen molar-refractivity contribution in [2.45, 2.75) is 51.4 Å². The normalized spacial score (nSPS) is 21.7. The van der Waals surface area contributed by atoms with E-state index in [9.17, 15) is 19.2 Å². The highest BCUT2D eigenvalue weighted by atomic mass is 16.6. The van der Waals surface area contributed by atoms with Crippen LogP contribution in [0.2, 0.25) is 0 Å². The maximum atomic E-state index is 12.1. The van der Waals surface area contributed by atoms with Crippen molar-refractivity contribution in [2.24, 2.45) is 0 Å². The summed E-state index contributed by atoms with van der Waals surface area (Å²) in [7, 11) is 0. The fourth-order valence-electron chi connectivity index (χ4n) is 4.49. The fraction of sp³-hybridized carbons (Fsp3) is 0.400. The predicted molar refractivity (Wildman–Crippen MR) is 145 cm³/mol. The molecule has 0 bridgehead atoms. The topological polar surface area (TPSA) is 124 Å². The minimum absolute atomic E-state index is 0.0660. The largest absolute Gasteiger partial charge is 0.464 e. The van der Waals surface area contributed by atoms with Crippen LogP contribution in [-0.4, -0.2) is 84.5 Å². The Labute approximate surface area is 238 Å². The van der Waals surface area contributed by atoms with Crippen molar-refractivity contribution in [3.63, 3.8) is 0 Å². The first-order valence-corrected chi connectivity index (χ1v) is 13.5. The molecule has 3 aliphatic rings. The molecular formula is C30H34N2O9. The first-order chi connectivity index (χ1) is 19.9. The van der Waals surface area contributed by atoms with Gasteiger partial charge in [0, 0.05) is 6.54 Å². The summed E-state index contributed by atoms with van der Waals surface area (Å²) < 4.78 is 25.7. The summed E-state index contributed by atoms with van der Waals surface area (Å²) in [6.07, 6.45) is 2.08. The third kappa shape index (κ3) is 7.85. The zero-order chi connectivity index (χ0) is 29.2. The first-order valence-electron chi connectivity index (χ1n) is 13.5. The van der Waals surface area contributed by atoms with Gasteiger partial charge in [-0.25, -0.2) is 19.2 Å². The molecule has 2 saturated heterocycles. The molecule has 3 heterocycles. The zero-order valence-corrected chi connectivity index (χ0v) is 23.0. The van der Waals surface area contributed by atoms with Crippen LogP contribution < -0.4 is 0 Å². The van der Waals surface area contributed by atoms with Crippen LogP contribution >= 0.6 is 0 Å². The minimum Gasteiger partial charge on any atom is -0.464 e. The smallest absolute Gasteiger partial charge is 0.411 e. The second-order valence-electron chi connectivity index (χ2n) is 9.35. The van der Waals surface area contributed by atoms with Gasteiger partial charge in [0.15, 0.2) is 12.1 Å². The summed E-state index contributed by atoms with van der Waals surface area (Å²) in [6, 6.07) is 17.4.